The third-order valence-electron chi connectivity index (χ3n) is 5.67. The smallest absolute Gasteiger partial charge is 0.328 e. The number of likely N-dealkylation sites (tertiary alicyclic amines) is 1. The average molecular weight is 362 g/mol. The predicted molar refractivity (Wildman–Crippen MR) is 93.9 cm³/mol. The van der Waals surface area contributed by atoms with Gasteiger partial charge in [0.15, 0.2) is 0 Å². The fourth-order valence-electron chi connectivity index (χ4n) is 4.02. The Morgan fingerprint density at radius 3 is 2.46 bits per heavy atom. The molecule has 0 radical (unpaired) electrons. The summed E-state index contributed by atoms with van der Waals surface area (Å²) >= 11 is 0. The molecule has 3 heterocycles. The molecule has 1 aromatic rings. The number of rotatable bonds is 5. The Bertz CT molecular complexity index is 735. The van der Waals surface area contributed by atoms with Crippen molar-refractivity contribution in [3.8, 4) is 0 Å². The minimum atomic E-state index is -0.845. The number of imide groups is 1. The van der Waals surface area contributed by atoms with Crippen LogP contribution in [0.25, 0.3) is 0 Å². The number of urea groups is 1. The van der Waals surface area contributed by atoms with Crippen LogP contribution in [-0.4, -0.2) is 74.0 Å². The number of aryl methyl sites for hydroxylation is 1. The lowest BCUT2D eigenvalue weighted by molar-refractivity contribution is -0.137. The number of carbonyl (C=O) groups is 3. The number of primary amides is 1. The van der Waals surface area contributed by atoms with Crippen LogP contribution in [0.15, 0.2) is 6.20 Å². The first-order valence-corrected chi connectivity index (χ1v) is 8.92. The number of hydrogen-bond acceptors (Lipinski definition) is 5. The summed E-state index contributed by atoms with van der Waals surface area (Å²) in [6, 6.07) is -0.409. The van der Waals surface area contributed by atoms with E-state index in [1.54, 1.807) is 4.90 Å². The second kappa shape index (κ2) is 6.71. The van der Waals surface area contributed by atoms with Crippen molar-refractivity contribution in [1.82, 2.24) is 24.5 Å². The number of likely N-dealkylation sites (N-methyl/N-ethyl adjacent to an activating group) is 1. The molecule has 0 bridgehead atoms. The summed E-state index contributed by atoms with van der Waals surface area (Å²) in [5.74, 6) is -0.968. The number of nitrogens with two attached hydrogens (primary N) is 1. The Kier molecular flexibility index (Phi) is 4.74. The highest BCUT2D eigenvalue weighted by Crippen LogP contribution is 2.37. The molecule has 2 fully saturated rings. The lowest BCUT2D eigenvalue weighted by Gasteiger charge is -2.41. The van der Waals surface area contributed by atoms with Crippen molar-refractivity contribution < 1.29 is 14.4 Å². The fraction of sp³-hybridized carbons (Fsp3) is 0.647. The van der Waals surface area contributed by atoms with E-state index in [-0.39, 0.29) is 12.5 Å². The molecule has 1 aromatic heterocycles. The van der Waals surface area contributed by atoms with Crippen molar-refractivity contribution in [2.75, 3.05) is 26.2 Å². The second-order valence-corrected chi connectivity index (χ2v) is 7.07. The van der Waals surface area contributed by atoms with Gasteiger partial charge in [0, 0.05) is 44.5 Å². The molecule has 0 aliphatic carbocycles. The Morgan fingerprint density at radius 2 is 1.96 bits per heavy atom. The maximum atomic E-state index is 12.9. The van der Waals surface area contributed by atoms with Crippen molar-refractivity contribution in [2.45, 2.75) is 38.8 Å². The fourth-order valence-corrected chi connectivity index (χ4v) is 4.02. The van der Waals surface area contributed by atoms with Gasteiger partial charge in [-0.25, -0.2) is 4.79 Å². The minimum Gasteiger partial charge on any atom is -0.368 e. The van der Waals surface area contributed by atoms with E-state index < -0.39 is 17.5 Å². The van der Waals surface area contributed by atoms with Crippen LogP contribution < -0.4 is 5.73 Å². The lowest BCUT2D eigenvalue weighted by atomic mass is 9.85. The molecule has 4 amide bonds. The largest absolute Gasteiger partial charge is 0.368 e. The average Bonchev–Trinajstić information content (AvgIpc) is 3.01. The minimum absolute atomic E-state index is 0.291. The topological polar surface area (TPSA) is 105 Å². The molecule has 9 nitrogen and oxygen atoms in total. The number of amides is 4. The molecule has 0 unspecified atom stereocenters. The highest BCUT2D eigenvalue weighted by molar-refractivity contribution is 6.09. The van der Waals surface area contributed by atoms with Crippen LogP contribution in [0.4, 0.5) is 4.79 Å². The maximum absolute atomic E-state index is 12.9. The van der Waals surface area contributed by atoms with Gasteiger partial charge in [0.2, 0.25) is 5.91 Å². The summed E-state index contributed by atoms with van der Waals surface area (Å²) in [6.07, 6.45) is 2.98. The monoisotopic (exact) mass is 362 g/mol. The van der Waals surface area contributed by atoms with Crippen LogP contribution in [0.5, 0.6) is 0 Å². The van der Waals surface area contributed by atoms with Crippen LogP contribution in [0.3, 0.4) is 0 Å². The zero-order chi connectivity index (χ0) is 19.1. The zero-order valence-corrected chi connectivity index (χ0v) is 15.6. The highest BCUT2D eigenvalue weighted by Gasteiger charge is 2.57. The van der Waals surface area contributed by atoms with Crippen LogP contribution >= 0.6 is 0 Å². The lowest BCUT2D eigenvalue weighted by Crippen LogP contribution is -2.56. The van der Waals surface area contributed by atoms with Gasteiger partial charge in [0.1, 0.15) is 12.1 Å². The summed E-state index contributed by atoms with van der Waals surface area (Å²) in [4.78, 5) is 41.6. The first-order chi connectivity index (χ1) is 12.3. The van der Waals surface area contributed by atoms with Crippen LogP contribution in [-0.2, 0) is 23.2 Å². The van der Waals surface area contributed by atoms with Gasteiger partial charge in [-0.05, 0) is 26.7 Å². The van der Waals surface area contributed by atoms with Crippen molar-refractivity contribution in [3.05, 3.63) is 17.5 Å². The molecule has 0 aromatic carbocycles. The first-order valence-electron chi connectivity index (χ1n) is 8.92. The van der Waals surface area contributed by atoms with Gasteiger partial charge >= 0.3 is 6.03 Å². The van der Waals surface area contributed by atoms with Gasteiger partial charge in [-0.3, -0.25) is 24.1 Å². The Labute approximate surface area is 152 Å². The third-order valence-corrected chi connectivity index (χ3v) is 5.67. The number of carbonyl (C=O) groups excluding carboxylic acids is 3. The molecule has 9 heteroatoms. The molecule has 2 N–H and O–H groups in total. The molecule has 1 spiro atoms. The van der Waals surface area contributed by atoms with Gasteiger partial charge in [0.05, 0.1) is 6.20 Å². The maximum Gasteiger partial charge on any atom is 0.328 e. The molecule has 2 aliphatic rings. The second-order valence-electron chi connectivity index (χ2n) is 7.07. The van der Waals surface area contributed by atoms with E-state index in [0.29, 0.717) is 32.5 Å². The number of aromatic nitrogens is 2. The van der Waals surface area contributed by atoms with Gasteiger partial charge in [-0.1, -0.05) is 0 Å². The standard InChI is InChI=1S/C17H26N6O3/c1-4-23-16(26)22(11-14(18)24)15(25)17(23)5-7-21(8-6-17)10-13-9-19-20(3)12(13)2/h9H,4-8,10-11H2,1-3H3,(H2,18,24). The molecular weight excluding hydrogens is 336 g/mol. The van der Waals surface area contributed by atoms with E-state index in [1.165, 1.54) is 5.56 Å². The molecule has 2 aliphatic heterocycles. The van der Waals surface area contributed by atoms with Crippen molar-refractivity contribution in [2.24, 2.45) is 12.8 Å². The van der Waals surface area contributed by atoms with Crippen molar-refractivity contribution >= 4 is 17.8 Å². The molecule has 142 valence electrons. The molecular formula is C17H26N6O3. The quantitative estimate of drug-likeness (QED) is 0.733. The van der Waals surface area contributed by atoms with E-state index in [2.05, 4.69) is 10.00 Å². The van der Waals surface area contributed by atoms with E-state index in [9.17, 15) is 14.4 Å². The number of piperidine rings is 1. The van der Waals surface area contributed by atoms with Crippen LogP contribution in [0, 0.1) is 6.92 Å². The van der Waals surface area contributed by atoms with Crippen molar-refractivity contribution in [1.29, 1.82) is 0 Å². The number of hydrogen-bond donors (Lipinski definition) is 1. The molecule has 3 rings (SSSR count). The zero-order valence-electron chi connectivity index (χ0n) is 15.6. The Hall–Kier alpha value is -2.42. The molecule has 26 heavy (non-hydrogen) atoms. The van der Waals surface area contributed by atoms with Gasteiger partial charge < -0.3 is 10.6 Å². The summed E-state index contributed by atoms with van der Waals surface area (Å²) in [7, 11) is 1.92. The molecule has 0 atom stereocenters. The highest BCUT2D eigenvalue weighted by atomic mass is 16.2. The third kappa shape index (κ3) is 2.86. The Balaban J connectivity index is 1.73. The van der Waals surface area contributed by atoms with Gasteiger partial charge in [-0.2, -0.15) is 5.10 Å². The van der Waals surface area contributed by atoms with E-state index >= 15 is 0 Å². The van der Waals surface area contributed by atoms with E-state index in [4.69, 9.17) is 5.73 Å². The van der Waals surface area contributed by atoms with E-state index in [0.717, 1.165) is 17.1 Å². The van der Waals surface area contributed by atoms with Crippen molar-refractivity contribution in [3.63, 3.8) is 0 Å². The molecule has 2 saturated heterocycles. The van der Waals surface area contributed by atoms with Gasteiger partial charge in [-0.15, -0.1) is 0 Å². The van der Waals surface area contributed by atoms with Crippen LogP contribution in [0.1, 0.15) is 31.0 Å². The summed E-state index contributed by atoms with van der Waals surface area (Å²) < 4.78 is 1.85. The van der Waals surface area contributed by atoms with Gasteiger partial charge in [0.25, 0.3) is 5.91 Å². The SMILES string of the molecule is CCN1C(=O)N(CC(N)=O)C(=O)C12CCN(Cc1cnn(C)c1C)CC2. The van der Waals surface area contributed by atoms with Crippen LogP contribution in [0.2, 0.25) is 0 Å². The van der Waals surface area contributed by atoms with E-state index in [1.807, 2.05) is 31.8 Å². The number of nitrogens with zero attached hydrogens (tertiary/aromatic N) is 5. The summed E-state index contributed by atoms with van der Waals surface area (Å²) in [5, 5.41) is 4.27. The summed E-state index contributed by atoms with van der Waals surface area (Å²) in [5.41, 5.74) is 6.65. The normalized spacial score (nSPS) is 20.4. The summed E-state index contributed by atoms with van der Waals surface area (Å²) in [6.45, 7) is 6.15. The predicted octanol–water partition coefficient (Wildman–Crippen LogP) is -0.167. The first kappa shape index (κ1) is 18.4. The Morgan fingerprint density at radius 1 is 1.31 bits per heavy atom. The molecule has 0 saturated carbocycles.